The maximum absolute atomic E-state index is 12.2. The number of nitrogens with one attached hydrogen (secondary N) is 1. The number of hydrogen-bond acceptors (Lipinski definition) is 4. The molecule has 0 spiro atoms. The van der Waals surface area contributed by atoms with Crippen molar-refractivity contribution in [3.8, 4) is 11.5 Å². The number of rotatable bonds is 8. The second-order valence-corrected chi connectivity index (χ2v) is 8.63. The maximum atomic E-state index is 12.2. The van der Waals surface area contributed by atoms with Crippen LogP contribution < -0.4 is 14.9 Å². The van der Waals surface area contributed by atoms with Crippen LogP contribution in [-0.2, 0) is 6.61 Å². The number of carbonyl (C=O) groups is 1. The summed E-state index contributed by atoms with van der Waals surface area (Å²) in [6.07, 6.45) is 1.51. The zero-order valence-corrected chi connectivity index (χ0v) is 20.7. The Kier molecular flexibility index (Phi) is 8.82. The lowest BCUT2D eigenvalue weighted by Crippen LogP contribution is -2.17. The van der Waals surface area contributed by atoms with Gasteiger partial charge in [0.05, 0.1) is 17.3 Å². The van der Waals surface area contributed by atoms with Crippen molar-refractivity contribution in [2.24, 2.45) is 5.10 Å². The van der Waals surface area contributed by atoms with Crippen LogP contribution in [0.1, 0.15) is 28.4 Å². The van der Waals surface area contributed by atoms with Crippen LogP contribution in [0.15, 0.2) is 64.2 Å². The molecule has 0 aliphatic rings. The quantitative estimate of drug-likeness (QED) is 0.237. The first kappa shape index (κ1) is 24.4. The molecular weight excluding hydrogens is 539 g/mol. The molecule has 0 fully saturated rings. The highest BCUT2D eigenvalue weighted by Gasteiger charge is 2.13. The van der Waals surface area contributed by atoms with Crippen molar-refractivity contribution >= 4 is 62.9 Å². The van der Waals surface area contributed by atoms with E-state index >= 15 is 0 Å². The molecule has 0 aliphatic heterocycles. The van der Waals surface area contributed by atoms with Crippen LogP contribution in [0.5, 0.6) is 11.5 Å². The first-order chi connectivity index (χ1) is 15.4. The van der Waals surface area contributed by atoms with Gasteiger partial charge >= 0.3 is 0 Å². The minimum Gasteiger partial charge on any atom is -0.490 e. The third-order valence-corrected chi connectivity index (χ3v) is 5.63. The Bertz CT molecular complexity index is 1140. The normalized spacial score (nSPS) is 10.9. The monoisotopic (exact) mass is 554 g/mol. The average Bonchev–Trinajstić information content (AvgIpc) is 2.75. The SMILES string of the molecule is CCOc1cc(/C=N\NC(=O)c2ccc(Cl)cc2)cc(Br)c1OCc1ccc(Cl)cc1Cl. The van der Waals surface area contributed by atoms with Gasteiger partial charge in [-0.05, 0) is 76.9 Å². The Morgan fingerprint density at radius 3 is 2.44 bits per heavy atom. The fourth-order valence-electron chi connectivity index (χ4n) is 2.69. The Morgan fingerprint density at radius 1 is 1.03 bits per heavy atom. The summed E-state index contributed by atoms with van der Waals surface area (Å²) in [4.78, 5) is 12.2. The lowest BCUT2D eigenvalue weighted by molar-refractivity contribution is 0.0955. The molecule has 0 aromatic heterocycles. The molecule has 0 atom stereocenters. The smallest absolute Gasteiger partial charge is 0.271 e. The van der Waals surface area contributed by atoms with E-state index in [2.05, 4.69) is 26.5 Å². The molecule has 32 heavy (non-hydrogen) atoms. The summed E-state index contributed by atoms with van der Waals surface area (Å²) in [7, 11) is 0. The lowest BCUT2D eigenvalue weighted by atomic mass is 10.2. The molecule has 0 bridgehead atoms. The van der Waals surface area contributed by atoms with Gasteiger partial charge in [-0.1, -0.05) is 40.9 Å². The molecule has 0 radical (unpaired) electrons. The summed E-state index contributed by atoms with van der Waals surface area (Å²) in [6, 6.07) is 15.3. The molecule has 5 nitrogen and oxygen atoms in total. The summed E-state index contributed by atoms with van der Waals surface area (Å²) in [5.74, 6) is 0.708. The van der Waals surface area contributed by atoms with Crippen molar-refractivity contribution in [2.45, 2.75) is 13.5 Å². The molecule has 3 aromatic carbocycles. The van der Waals surface area contributed by atoms with Crippen molar-refractivity contribution in [3.05, 3.63) is 90.8 Å². The fourth-order valence-corrected chi connectivity index (χ4v) is 3.85. The number of hydrogen-bond donors (Lipinski definition) is 1. The zero-order chi connectivity index (χ0) is 23.1. The van der Waals surface area contributed by atoms with Crippen molar-refractivity contribution in [1.82, 2.24) is 5.43 Å². The topological polar surface area (TPSA) is 59.9 Å². The number of carbonyl (C=O) groups excluding carboxylic acids is 1. The highest BCUT2D eigenvalue weighted by molar-refractivity contribution is 9.10. The number of hydrazone groups is 1. The second-order valence-electron chi connectivity index (χ2n) is 6.49. The van der Waals surface area contributed by atoms with Gasteiger partial charge in [0.2, 0.25) is 0 Å². The van der Waals surface area contributed by atoms with E-state index in [0.717, 1.165) is 5.56 Å². The van der Waals surface area contributed by atoms with Crippen LogP contribution in [0.25, 0.3) is 0 Å². The number of amides is 1. The van der Waals surface area contributed by atoms with Gasteiger partial charge in [-0.2, -0.15) is 5.10 Å². The van der Waals surface area contributed by atoms with Gasteiger partial charge in [0.25, 0.3) is 5.91 Å². The molecule has 1 N–H and O–H groups in total. The van der Waals surface area contributed by atoms with E-state index in [0.29, 0.717) is 48.8 Å². The van der Waals surface area contributed by atoms with Crippen LogP contribution in [0.2, 0.25) is 15.1 Å². The molecule has 0 aliphatic carbocycles. The van der Waals surface area contributed by atoms with E-state index in [-0.39, 0.29) is 12.5 Å². The van der Waals surface area contributed by atoms with Crippen LogP contribution >= 0.6 is 50.7 Å². The number of benzene rings is 3. The van der Waals surface area contributed by atoms with Gasteiger partial charge in [0.1, 0.15) is 6.61 Å². The van der Waals surface area contributed by atoms with E-state index in [4.69, 9.17) is 44.3 Å². The average molecular weight is 557 g/mol. The minimum absolute atomic E-state index is 0.235. The third kappa shape index (κ3) is 6.62. The Labute approximate surface area is 209 Å². The third-order valence-electron chi connectivity index (χ3n) is 4.20. The molecule has 0 saturated heterocycles. The number of ether oxygens (including phenoxy) is 2. The summed E-state index contributed by atoms with van der Waals surface area (Å²) in [6.45, 7) is 2.55. The van der Waals surface area contributed by atoms with Gasteiger partial charge < -0.3 is 9.47 Å². The molecule has 0 heterocycles. The van der Waals surface area contributed by atoms with Crippen LogP contribution in [0, 0.1) is 0 Å². The van der Waals surface area contributed by atoms with Gasteiger partial charge in [0.15, 0.2) is 11.5 Å². The summed E-state index contributed by atoms with van der Waals surface area (Å²) in [5.41, 5.74) is 4.43. The van der Waals surface area contributed by atoms with E-state index in [1.807, 2.05) is 13.0 Å². The zero-order valence-electron chi connectivity index (χ0n) is 16.9. The van der Waals surface area contributed by atoms with Crippen LogP contribution in [-0.4, -0.2) is 18.7 Å². The highest BCUT2D eigenvalue weighted by Crippen LogP contribution is 2.37. The van der Waals surface area contributed by atoms with E-state index in [9.17, 15) is 4.79 Å². The van der Waals surface area contributed by atoms with E-state index in [1.54, 1.807) is 48.5 Å². The molecule has 3 aromatic rings. The first-order valence-corrected chi connectivity index (χ1v) is 11.4. The number of nitrogens with zero attached hydrogens (tertiary/aromatic N) is 1. The second kappa shape index (κ2) is 11.6. The molecule has 0 saturated carbocycles. The molecule has 166 valence electrons. The standard InChI is InChI=1S/C23H18BrCl3N2O3/c1-2-31-21-10-14(12-28-29-23(30)15-3-6-17(25)7-4-15)9-19(24)22(21)32-13-16-5-8-18(26)11-20(16)27/h3-12H,2,13H2,1H3,(H,29,30)/b28-12-. The maximum Gasteiger partial charge on any atom is 0.271 e. The van der Waals surface area contributed by atoms with Crippen molar-refractivity contribution in [1.29, 1.82) is 0 Å². The fraction of sp³-hybridized carbons (Fsp3) is 0.130. The van der Waals surface area contributed by atoms with Crippen molar-refractivity contribution < 1.29 is 14.3 Å². The van der Waals surface area contributed by atoms with Crippen molar-refractivity contribution in [2.75, 3.05) is 6.61 Å². The first-order valence-electron chi connectivity index (χ1n) is 9.49. The summed E-state index contributed by atoms with van der Waals surface area (Å²) >= 11 is 21.5. The van der Waals surface area contributed by atoms with Crippen LogP contribution in [0.3, 0.4) is 0 Å². The van der Waals surface area contributed by atoms with Crippen LogP contribution in [0.4, 0.5) is 0 Å². The molecule has 1 amide bonds. The molecule has 0 unspecified atom stereocenters. The van der Waals surface area contributed by atoms with Crippen molar-refractivity contribution in [3.63, 3.8) is 0 Å². The predicted molar refractivity (Wildman–Crippen MR) is 133 cm³/mol. The van der Waals surface area contributed by atoms with Gasteiger partial charge in [0, 0.05) is 26.2 Å². The predicted octanol–water partition coefficient (Wildman–Crippen LogP) is 7.15. The summed E-state index contributed by atoms with van der Waals surface area (Å²) in [5, 5.41) is 5.65. The Morgan fingerprint density at radius 2 is 1.75 bits per heavy atom. The van der Waals surface area contributed by atoms with Gasteiger partial charge in [-0.3, -0.25) is 4.79 Å². The molecule has 3 rings (SSSR count). The van der Waals surface area contributed by atoms with Gasteiger partial charge in [-0.25, -0.2) is 5.43 Å². The largest absolute Gasteiger partial charge is 0.490 e. The summed E-state index contributed by atoms with van der Waals surface area (Å²) < 4.78 is 12.4. The van der Waals surface area contributed by atoms with Gasteiger partial charge in [-0.15, -0.1) is 0 Å². The number of halogens is 4. The molecule has 9 heteroatoms. The minimum atomic E-state index is -0.346. The highest BCUT2D eigenvalue weighted by atomic mass is 79.9. The lowest BCUT2D eigenvalue weighted by Gasteiger charge is -2.15. The Balaban J connectivity index is 1.73. The Hall–Kier alpha value is -2.25. The van der Waals surface area contributed by atoms with E-state index < -0.39 is 0 Å². The molecular formula is C23H18BrCl3N2O3. The van der Waals surface area contributed by atoms with E-state index in [1.165, 1.54) is 6.21 Å².